The van der Waals surface area contributed by atoms with Crippen LogP contribution in [0.4, 0.5) is 10.8 Å². The van der Waals surface area contributed by atoms with E-state index in [0.717, 1.165) is 11.3 Å². The first-order valence-corrected chi connectivity index (χ1v) is 10.4. The molecule has 158 valence electrons. The standard InChI is InChI=1S/C23H20N2O5S/c1-15(26)25(19-8-4-6-10-21(19)28-2)23-24-18(14-31-23)13-30-22(27)17-11-16-7-3-5-9-20(16)29-12-17/h3-11,14H,12-13H2,1-2H3. The van der Waals surface area contributed by atoms with Crippen molar-refractivity contribution >= 4 is 40.1 Å². The van der Waals surface area contributed by atoms with Crippen LogP contribution < -0.4 is 14.4 Å². The van der Waals surface area contributed by atoms with Gasteiger partial charge in [0.25, 0.3) is 0 Å². The average molecular weight is 436 g/mol. The number of thiazole rings is 1. The third-order valence-corrected chi connectivity index (χ3v) is 5.49. The predicted molar refractivity (Wildman–Crippen MR) is 118 cm³/mol. The molecule has 4 rings (SSSR count). The summed E-state index contributed by atoms with van der Waals surface area (Å²) < 4.78 is 16.4. The first-order valence-electron chi connectivity index (χ1n) is 9.54. The van der Waals surface area contributed by atoms with Crippen molar-refractivity contribution in [2.24, 2.45) is 0 Å². The van der Waals surface area contributed by atoms with Crippen LogP contribution in [0.5, 0.6) is 11.5 Å². The summed E-state index contributed by atoms with van der Waals surface area (Å²) in [6, 6.07) is 14.7. The lowest BCUT2D eigenvalue weighted by Gasteiger charge is -2.20. The van der Waals surface area contributed by atoms with Crippen molar-refractivity contribution in [1.29, 1.82) is 0 Å². The van der Waals surface area contributed by atoms with Crippen LogP contribution in [0.25, 0.3) is 6.08 Å². The highest BCUT2D eigenvalue weighted by atomic mass is 32.1. The molecule has 2 aromatic carbocycles. The molecule has 0 bridgehead atoms. The van der Waals surface area contributed by atoms with E-state index in [9.17, 15) is 9.59 Å². The number of fused-ring (bicyclic) bond motifs is 1. The summed E-state index contributed by atoms with van der Waals surface area (Å²) >= 11 is 1.29. The van der Waals surface area contributed by atoms with Crippen LogP contribution in [0.2, 0.25) is 0 Å². The number of rotatable bonds is 6. The average Bonchev–Trinajstić information content (AvgIpc) is 3.25. The van der Waals surface area contributed by atoms with Crippen LogP contribution in [0.1, 0.15) is 18.2 Å². The number of anilines is 2. The molecule has 0 saturated heterocycles. The molecule has 1 amide bonds. The highest BCUT2D eigenvalue weighted by Gasteiger charge is 2.22. The molecule has 3 aromatic rings. The number of methoxy groups -OCH3 is 1. The van der Waals surface area contributed by atoms with Gasteiger partial charge in [-0.15, -0.1) is 11.3 Å². The van der Waals surface area contributed by atoms with E-state index in [2.05, 4.69) is 4.98 Å². The minimum absolute atomic E-state index is 0.00795. The maximum absolute atomic E-state index is 12.5. The molecule has 0 spiro atoms. The Morgan fingerprint density at radius 2 is 1.94 bits per heavy atom. The smallest absolute Gasteiger partial charge is 0.337 e. The second-order valence-electron chi connectivity index (χ2n) is 6.72. The van der Waals surface area contributed by atoms with Gasteiger partial charge in [0, 0.05) is 17.9 Å². The van der Waals surface area contributed by atoms with Gasteiger partial charge in [0.05, 0.1) is 24.1 Å². The summed E-state index contributed by atoms with van der Waals surface area (Å²) in [4.78, 5) is 30.7. The topological polar surface area (TPSA) is 78.0 Å². The number of nitrogens with zero attached hydrogens (tertiary/aromatic N) is 2. The summed E-state index contributed by atoms with van der Waals surface area (Å²) in [6.45, 7) is 1.61. The Morgan fingerprint density at radius 3 is 2.74 bits per heavy atom. The van der Waals surface area contributed by atoms with Crippen LogP contribution in [-0.4, -0.2) is 30.6 Å². The Kier molecular flexibility index (Phi) is 5.99. The fourth-order valence-corrected chi connectivity index (χ4v) is 4.02. The van der Waals surface area contributed by atoms with E-state index in [1.807, 2.05) is 36.4 Å². The number of carbonyl (C=O) groups excluding carboxylic acids is 2. The van der Waals surface area contributed by atoms with Gasteiger partial charge in [-0.05, 0) is 24.3 Å². The third-order valence-electron chi connectivity index (χ3n) is 4.62. The number of benzene rings is 2. The van der Waals surface area contributed by atoms with Gasteiger partial charge in [0.1, 0.15) is 24.7 Å². The van der Waals surface area contributed by atoms with E-state index in [4.69, 9.17) is 14.2 Å². The molecule has 0 fully saturated rings. The molecule has 0 unspecified atom stereocenters. The van der Waals surface area contributed by atoms with E-state index in [-0.39, 0.29) is 19.1 Å². The third kappa shape index (κ3) is 4.44. The van der Waals surface area contributed by atoms with E-state index in [1.54, 1.807) is 30.7 Å². The van der Waals surface area contributed by atoms with Crippen LogP contribution in [0.15, 0.2) is 59.5 Å². The van der Waals surface area contributed by atoms with Crippen molar-refractivity contribution in [3.8, 4) is 11.5 Å². The molecule has 0 N–H and O–H groups in total. The van der Waals surface area contributed by atoms with Crippen LogP contribution >= 0.6 is 11.3 Å². The van der Waals surface area contributed by atoms with Gasteiger partial charge in [-0.3, -0.25) is 9.69 Å². The first kappa shape index (κ1) is 20.6. The number of hydrogen-bond acceptors (Lipinski definition) is 7. The lowest BCUT2D eigenvalue weighted by molar-refractivity contribution is -0.140. The molecule has 1 aliphatic heterocycles. The van der Waals surface area contributed by atoms with Gasteiger partial charge in [0.2, 0.25) is 5.91 Å². The Hall–Kier alpha value is -3.65. The van der Waals surface area contributed by atoms with Crippen LogP contribution in [0.3, 0.4) is 0 Å². The molecule has 0 radical (unpaired) electrons. The summed E-state index contributed by atoms with van der Waals surface area (Å²) in [5.74, 6) is 0.636. The Balaban J connectivity index is 1.47. The number of esters is 1. The second-order valence-corrected chi connectivity index (χ2v) is 7.56. The predicted octanol–water partition coefficient (Wildman–Crippen LogP) is 4.36. The van der Waals surface area contributed by atoms with E-state index in [1.165, 1.54) is 23.2 Å². The largest absolute Gasteiger partial charge is 0.495 e. The zero-order valence-electron chi connectivity index (χ0n) is 17.0. The van der Waals surface area contributed by atoms with Gasteiger partial charge in [0.15, 0.2) is 5.13 Å². The zero-order chi connectivity index (χ0) is 21.8. The molecule has 7 nitrogen and oxygen atoms in total. The summed E-state index contributed by atoms with van der Waals surface area (Å²) in [5, 5.41) is 2.23. The summed E-state index contributed by atoms with van der Waals surface area (Å²) in [6.07, 6.45) is 1.77. The van der Waals surface area contributed by atoms with E-state index in [0.29, 0.717) is 27.8 Å². The summed E-state index contributed by atoms with van der Waals surface area (Å²) in [5.41, 5.74) is 2.42. The molecule has 0 saturated carbocycles. The number of ether oxygens (including phenoxy) is 3. The maximum atomic E-state index is 12.5. The van der Waals surface area contributed by atoms with Crippen LogP contribution in [0, 0.1) is 0 Å². The quantitative estimate of drug-likeness (QED) is 0.535. The second kappa shape index (κ2) is 9.01. The number of carbonyl (C=O) groups is 2. The highest BCUT2D eigenvalue weighted by molar-refractivity contribution is 7.14. The van der Waals surface area contributed by atoms with Crippen molar-refractivity contribution < 1.29 is 23.8 Å². The minimum atomic E-state index is -0.461. The van der Waals surface area contributed by atoms with Gasteiger partial charge in [-0.1, -0.05) is 30.3 Å². The molecular weight excluding hydrogens is 416 g/mol. The van der Waals surface area contributed by atoms with Crippen LogP contribution in [-0.2, 0) is 20.9 Å². The van der Waals surface area contributed by atoms with Gasteiger partial charge in [-0.2, -0.15) is 0 Å². The fraction of sp³-hybridized carbons (Fsp3) is 0.174. The molecule has 1 aromatic heterocycles. The van der Waals surface area contributed by atoms with E-state index < -0.39 is 5.97 Å². The molecular formula is C23H20N2O5S. The van der Waals surface area contributed by atoms with Gasteiger partial charge < -0.3 is 14.2 Å². The number of amides is 1. The van der Waals surface area contributed by atoms with Crippen molar-refractivity contribution in [2.75, 3.05) is 18.6 Å². The minimum Gasteiger partial charge on any atom is -0.495 e. The van der Waals surface area contributed by atoms with Gasteiger partial charge in [-0.25, -0.2) is 9.78 Å². The Labute approximate surface area is 183 Å². The molecule has 31 heavy (non-hydrogen) atoms. The molecule has 0 atom stereocenters. The number of para-hydroxylation sites is 3. The lowest BCUT2D eigenvalue weighted by atomic mass is 10.1. The SMILES string of the molecule is COc1ccccc1N(C(C)=O)c1nc(COC(=O)C2=Cc3ccccc3OC2)cs1. The normalized spacial score (nSPS) is 12.3. The fourth-order valence-electron chi connectivity index (χ4n) is 3.15. The Bertz CT molecular complexity index is 1150. The molecule has 2 heterocycles. The lowest BCUT2D eigenvalue weighted by Crippen LogP contribution is -2.23. The molecule has 1 aliphatic rings. The molecule has 0 aliphatic carbocycles. The number of aromatic nitrogens is 1. The summed E-state index contributed by atoms with van der Waals surface area (Å²) in [7, 11) is 1.55. The molecule has 8 heteroatoms. The van der Waals surface area contributed by atoms with Gasteiger partial charge >= 0.3 is 5.97 Å². The van der Waals surface area contributed by atoms with Crippen molar-refractivity contribution in [3.05, 3.63) is 70.7 Å². The monoisotopic (exact) mass is 436 g/mol. The maximum Gasteiger partial charge on any atom is 0.337 e. The number of hydrogen-bond donors (Lipinski definition) is 0. The Morgan fingerprint density at radius 1 is 1.16 bits per heavy atom. The highest BCUT2D eigenvalue weighted by Crippen LogP contribution is 2.35. The zero-order valence-corrected chi connectivity index (χ0v) is 17.8. The van der Waals surface area contributed by atoms with Crippen molar-refractivity contribution in [3.63, 3.8) is 0 Å². The first-order chi connectivity index (χ1) is 15.1. The van der Waals surface area contributed by atoms with Crippen molar-refractivity contribution in [2.45, 2.75) is 13.5 Å². The van der Waals surface area contributed by atoms with Crippen molar-refractivity contribution in [1.82, 2.24) is 4.98 Å². The van der Waals surface area contributed by atoms with E-state index >= 15 is 0 Å².